The molecular formula is C17H13BIN5O2. The minimum absolute atomic E-state index is 0.263. The molecule has 3 rings (SSSR count). The largest absolute Gasteiger partial charge is 0.352 e. The number of nitrogens with one attached hydrogen (secondary N) is 1. The Morgan fingerprint density at radius 2 is 2.15 bits per heavy atom. The van der Waals surface area contributed by atoms with Crippen LogP contribution in [-0.2, 0) is 7.05 Å². The van der Waals surface area contributed by atoms with Crippen molar-refractivity contribution < 1.29 is 4.79 Å². The Kier molecular flexibility index (Phi) is 5.13. The molecule has 7 nitrogen and oxygen atoms in total. The fourth-order valence-corrected chi connectivity index (χ4v) is 3.00. The lowest BCUT2D eigenvalue weighted by Crippen LogP contribution is -2.31. The van der Waals surface area contributed by atoms with Crippen molar-refractivity contribution in [2.24, 2.45) is 7.05 Å². The molecule has 128 valence electrons. The molecule has 0 aliphatic rings. The van der Waals surface area contributed by atoms with E-state index in [-0.39, 0.29) is 9.74 Å². The summed E-state index contributed by atoms with van der Waals surface area (Å²) in [6.45, 7) is 1.71. The van der Waals surface area contributed by atoms with Crippen molar-refractivity contribution in [1.29, 1.82) is 0 Å². The van der Waals surface area contributed by atoms with Gasteiger partial charge in [0.15, 0.2) is 0 Å². The van der Waals surface area contributed by atoms with Crippen molar-refractivity contribution >= 4 is 45.4 Å². The molecule has 0 aliphatic carbocycles. The van der Waals surface area contributed by atoms with E-state index in [4.69, 9.17) is 7.98 Å². The summed E-state index contributed by atoms with van der Waals surface area (Å²) < 4.78 is 2.34. The Morgan fingerprint density at radius 3 is 2.81 bits per heavy atom. The maximum absolute atomic E-state index is 12.8. The molecule has 0 bridgehead atoms. The van der Waals surface area contributed by atoms with E-state index >= 15 is 0 Å². The Labute approximate surface area is 164 Å². The van der Waals surface area contributed by atoms with Gasteiger partial charge in [-0.3, -0.25) is 14.3 Å². The lowest BCUT2D eigenvalue weighted by atomic mass is 10.1. The zero-order valence-corrected chi connectivity index (χ0v) is 16.2. The van der Waals surface area contributed by atoms with Crippen molar-refractivity contribution in [3.8, 4) is 11.8 Å². The molecule has 0 aliphatic heterocycles. The number of fused-ring (bicyclic) bond motifs is 1. The van der Waals surface area contributed by atoms with Crippen LogP contribution in [0.25, 0.3) is 10.9 Å². The van der Waals surface area contributed by atoms with Crippen molar-refractivity contribution in [1.82, 2.24) is 24.6 Å². The van der Waals surface area contributed by atoms with E-state index in [1.54, 1.807) is 71.8 Å². The summed E-state index contributed by atoms with van der Waals surface area (Å²) in [6.07, 6.45) is 3.42. The molecule has 1 atom stereocenters. The van der Waals surface area contributed by atoms with E-state index in [0.717, 1.165) is 10.0 Å². The molecule has 26 heavy (non-hydrogen) atoms. The molecule has 2 radical (unpaired) electrons. The number of rotatable bonds is 2. The number of aromatic nitrogens is 4. The van der Waals surface area contributed by atoms with E-state index in [9.17, 15) is 9.59 Å². The zero-order valence-electron chi connectivity index (χ0n) is 14.0. The molecular weight excluding hydrogens is 444 g/mol. The molecule has 0 unspecified atom stereocenters. The number of nitrogens with zero attached hydrogens (tertiary/aromatic N) is 4. The van der Waals surface area contributed by atoms with Gasteiger partial charge in [-0.05, 0) is 19.1 Å². The van der Waals surface area contributed by atoms with Gasteiger partial charge in [-0.1, -0.05) is 17.9 Å². The number of benzene rings is 1. The van der Waals surface area contributed by atoms with Gasteiger partial charge in [-0.25, -0.2) is 4.98 Å². The molecule has 1 amide bonds. The van der Waals surface area contributed by atoms with E-state index in [2.05, 4.69) is 27.2 Å². The normalized spacial score (nSPS) is 11.7. The molecule has 0 saturated carbocycles. The SMILES string of the molecule is [B]n1c([C@H](C)NC(=O)I)nc2cccc(C#Cc3cnn(C)c3)c2c1=O. The van der Waals surface area contributed by atoms with Crippen LogP contribution in [0.2, 0.25) is 0 Å². The molecule has 9 heteroatoms. The molecule has 1 N–H and O–H groups in total. The highest BCUT2D eigenvalue weighted by Gasteiger charge is 2.16. The van der Waals surface area contributed by atoms with Gasteiger partial charge in [0.05, 0.1) is 28.7 Å². The smallest absolute Gasteiger partial charge is 0.281 e. The summed E-state index contributed by atoms with van der Waals surface area (Å²) in [7, 11) is 7.73. The second-order valence-electron chi connectivity index (χ2n) is 5.64. The molecule has 2 aromatic heterocycles. The van der Waals surface area contributed by atoms with Gasteiger partial charge in [0.25, 0.3) is 3.91 Å². The average Bonchev–Trinajstić information content (AvgIpc) is 3.00. The van der Waals surface area contributed by atoms with Gasteiger partial charge >= 0.3 is 0 Å². The van der Waals surface area contributed by atoms with Crippen LogP contribution in [0.4, 0.5) is 4.79 Å². The quantitative estimate of drug-likeness (QED) is 0.209. The van der Waals surface area contributed by atoms with Gasteiger partial charge in [0.1, 0.15) is 5.82 Å². The standard InChI is InChI=1S/C17H13BIN5O2/c1-10(21-17(19)26)15-22-13-5-3-4-12(14(13)16(25)24(15)18)7-6-11-8-20-23(2)9-11/h3-5,8-10H,1-2H3,(H,21,26)/t10-/m0/s1. The number of carbonyl (C=O) groups excluding carboxylic acids is 1. The minimum atomic E-state index is -0.508. The third kappa shape index (κ3) is 3.65. The second kappa shape index (κ2) is 7.33. The Morgan fingerprint density at radius 1 is 1.38 bits per heavy atom. The van der Waals surface area contributed by atoms with E-state index in [1.165, 1.54) is 0 Å². The van der Waals surface area contributed by atoms with Gasteiger partial charge < -0.3 is 9.79 Å². The fourth-order valence-electron chi connectivity index (χ4n) is 2.53. The molecule has 3 aromatic rings. The summed E-state index contributed by atoms with van der Waals surface area (Å²) in [4.78, 5) is 28.5. The monoisotopic (exact) mass is 457 g/mol. The first-order valence-corrected chi connectivity index (χ1v) is 8.72. The lowest BCUT2D eigenvalue weighted by Gasteiger charge is -2.16. The van der Waals surface area contributed by atoms with Crippen LogP contribution in [0.5, 0.6) is 0 Å². The Balaban J connectivity index is 2.14. The number of halogens is 1. The average molecular weight is 457 g/mol. The maximum Gasteiger partial charge on any atom is 0.281 e. The fraction of sp³-hybridized carbons (Fsp3) is 0.176. The summed E-state index contributed by atoms with van der Waals surface area (Å²) in [5, 5.41) is 7.06. The van der Waals surface area contributed by atoms with Crippen LogP contribution in [-0.4, -0.2) is 31.1 Å². The van der Waals surface area contributed by atoms with Crippen LogP contribution in [0.3, 0.4) is 0 Å². The first kappa shape index (κ1) is 18.2. The van der Waals surface area contributed by atoms with Crippen molar-refractivity contribution in [3.05, 3.63) is 57.9 Å². The van der Waals surface area contributed by atoms with Crippen molar-refractivity contribution in [3.63, 3.8) is 0 Å². The predicted molar refractivity (Wildman–Crippen MR) is 107 cm³/mol. The minimum Gasteiger partial charge on any atom is -0.352 e. The number of hydrogen-bond acceptors (Lipinski definition) is 4. The highest BCUT2D eigenvalue weighted by molar-refractivity contribution is 14.1. The van der Waals surface area contributed by atoms with Crippen molar-refractivity contribution in [2.75, 3.05) is 0 Å². The highest BCUT2D eigenvalue weighted by atomic mass is 127. The van der Waals surface area contributed by atoms with Crippen LogP contribution < -0.4 is 10.9 Å². The van der Waals surface area contributed by atoms with Gasteiger partial charge in [0.2, 0.25) is 13.5 Å². The van der Waals surface area contributed by atoms with E-state index in [1.807, 2.05) is 0 Å². The lowest BCUT2D eigenvalue weighted by molar-refractivity contribution is 0.260. The van der Waals surface area contributed by atoms with Gasteiger partial charge in [0, 0.05) is 41.4 Å². The number of aryl methyl sites for hydroxylation is 1. The van der Waals surface area contributed by atoms with Crippen molar-refractivity contribution in [2.45, 2.75) is 13.0 Å². The molecule has 0 fully saturated rings. The zero-order chi connectivity index (χ0) is 18.8. The van der Waals surface area contributed by atoms with Crippen LogP contribution in [0.1, 0.15) is 29.9 Å². The van der Waals surface area contributed by atoms with Crippen LogP contribution in [0.15, 0.2) is 35.4 Å². The summed E-state index contributed by atoms with van der Waals surface area (Å²) >= 11 is 1.62. The van der Waals surface area contributed by atoms with Crippen LogP contribution >= 0.6 is 22.6 Å². The highest BCUT2D eigenvalue weighted by Crippen LogP contribution is 2.16. The van der Waals surface area contributed by atoms with Gasteiger partial charge in [-0.2, -0.15) is 5.10 Å². The van der Waals surface area contributed by atoms with E-state index < -0.39 is 11.6 Å². The second-order valence-corrected chi connectivity index (χ2v) is 6.62. The molecule has 2 heterocycles. The number of amides is 1. The molecule has 0 saturated heterocycles. The number of carbonyl (C=O) groups is 1. The Bertz CT molecular complexity index is 1130. The van der Waals surface area contributed by atoms with Gasteiger partial charge in [-0.15, -0.1) is 0 Å². The number of hydrogen-bond donors (Lipinski definition) is 1. The van der Waals surface area contributed by atoms with Crippen LogP contribution in [0, 0.1) is 11.8 Å². The molecule has 1 aromatic carbocycles. The van der Waals surface area contributed by atoms with E-state index in [0.29, 0.717) is 16.5 Å². The molecule has 0 spiro atoms. The third-order valence-corrected chi connectivity index (χ3v) is 4.03. The third-order valence-electron chi connectivity index (χ3n) is 3.72. The summed E-state index contributed by atoms with van der Waals surface area (Å²) in [6, 6.07) is 4.72. The first-order chi connectivity index (χ1) is 12.4. The Hall–Kier alpha value is -2.61. The maximum atomic E-state index is 12.8. The first-order valence-electron chi connectivity index (χ1n) is 7.64. The summed E-state index contributed by atoms with van der Waals surface area (Å²) in [5.74, 6) is 6.23. The topological polar surface area (TPSA) is 81.8 Å². The summed E-state index contributed by atoms with van der Waals surface area (Å²) in [5.41, 5.74) is 1.32. The predicted octanol–water partition coefficient (Wildman–Crippen LogP) is 1.67.